The molecule has 0 amide bonds. The molecule has 4 heteroatoms. The zero-order valence-electron chi connectivity index (χ0n) is 8.49. The van der Waals surface area contributed by atoms with Gasteiger partial charge in [0.2, 0.25) is 0 Å². The van der Waals surface area contributed by atoms with Crippen LogP contribution in [0.5, 0.6) is 0 Å². The molecular weight excluding hydrogens is 178 g/mol. The molecule has 78 valence electrons. The molecule has 3 N–H and O–H groups in total. The number of nitrogens with one attached hydrogen (secondary N) is 1. The number of aromatic amines is 1. The Hall–Kier alpha value is -0.870. The van der Waals surface area contributed by atoms with E-state index in [0.29, 0.717) is 5.92 Å². The topological polar surface area (TPSA) is 63.9 Å². The van der Waals surface area contributed by atoms with Gasteiger partial charge >= 0.3 is 0 Å². The molecule has 1 aliphatic rings. The van der Waals surface area contributed by atoms with E-state index in [9.17, 15) is 0 Å². The predicted octanol–water partition coefficient (Wildman–Crippen LogP) is 0.803. The quantitative estimate of drug-likeness (QED) is 0.750. The minimum absolute atomic E-state index is 0.183. The molecule has 0 aliphatic carbocycles. The fourth-order valence-electron chi connectivity index (χ4n) is 1.81. The van der Waals surface area contributed by atoms with Gasteiger partial charge in [-0.25, -0.2) is 0 Å². The lowest BCUT2D eigenvalue weighted by Gasteiger charge is -2.01. The van der Waals surface area contributed by atoms with Crippen molar-refractivity contribution in [2.75, 3.05) is 13.2 Å². The Bertz CT molecular complexity index is 289. The van der Waals surface area contributed by atoms with Gasteiger partial charge in [0.15, 0.2) is 0 Å². The van der Waals surface area contributed by atoms with Crippen molar-refractivity contribution in [2.24, 2.45) is 5.73 Å². The summed E-state index contributed by atoms with van der Waals surface area (Å²) < 4.78 is 5.32. The summed E-state index contributed by atoms with van der Waals surface area (Å²) in [5, 5.41) is 7.32. The molecule has 2 rings (SSSR count). The molecule has 1 aliphatic heterocycles. The van der Waals surface area contributed by atoms with Crippen LogP contribution in [0.2, 0.25) is 0 Å². The molecule has 14 heavy (non-hydrogen) atoms. The Morgan fingerprint density at radius 3 is 3.29 bits per heavy atom. The van der Waals surface area contributed by atoms with Crippen molar-refractivity contribution in [3.8, 4) is 0 Å². The van der Waals surface area contributed by atoms with Crippen LogP contribution in [0, 0.1) is 0 Å². The molecule has 4 nitrogen and oxygen atoms in total. The number of rotatable bonds is 3. The highest BCUT2D eigenvalue weighted by atomic mass is 16.5. The second-order valence-corrected chi connectivity index (χ2v) is 4.06. The maximum absolute atomic E-state index is 5.71. The van der Waals surface area contributed by atoms with E-state index in [1.54, 1.807) is 0 Å². The standard InChI is InChI=1S/C10H17N3O/c1-7(11)4-9-5-10(13-12-9)8-2-3-14-6-8/h5,7-8H,2-4,6,11H2,1H3,(H,12,13). The van der Waals surface area contributed by atoms with Crippen LogP contribution in [-0.4, -0.2) is 29.5 Å². The van der Waals surface area contributed by atoms with E-state index in [1.165, 1.54) is 0 Å². The van der Waals surface area contributed by atoms with Crippen molar-refractivity contribution in [1.82, 2.24) is 10.2 Å². The van der Waals surface area contributed by atoms with Crippen molar-refractivity contribution in [3.05, 3.63) is 17.5 Å². The molecule has 1 fully saturated rings. The summed E-state index contributed by atoms with van der Waals surface area (Å²) in [5.74, 6) is 0.480. The van der Waals surface area contributed by atoms with Crippen LogP contribution in [-0.2, 0) is 11.2 Å². The Balaban J connectivity index is 2.01. The van der Waals surface area contributed by atoms with Gasteiger partial charge in [0.1, 0.15) is 0 Å². The van der Waals surface area contributed by atoms with Crippen LogP contribution in [0.3, 0.4) is 0 Å². The van der Waals surface area contributed by atoms with Crippen LogP contribution < -0.4 is 5.73 Å². The number of hydrogen-bond acceptors (Lipinski definition) is 3. The van der Waals surface area contributed by atoms with Gasteiger partial charge in [-0.2, -0.15) is 5.10 Å². The summed E-state index contributed by atoms with van der Waals surface area (Å²) in [4.78, 5) is 0. The summed E-state index contributed by atoms with van der Waals surface area (Å²) >= 11 is 0. The third-order valence-corrected chi connectivity index (χ3v) is 2.54. The second kappa shape index (κ2) is 4.11. The van der Waals surface area contributed by atoms with E-state index >= 15 is 0 Å². The monoisotopic (exact) mass is 195 g/mol. The molecule has 0 saturated carbocycles. The van der Waals surface area contributed by atoms with Gasteiger partial charge < -0.3 is 10.5 Å². The predicted molar refractivity (Wildman–Crippen MR) is 54.1 cm³/mol. The first kappa shape index (κ1) is 9.68. The van der Waals surface area contributed by atoms with Crippen LogP contribution in [0.4, 0.5) is 0 Å². The summed E-state index contributed by atoms with van der Waals surface area (Å²) in [6.07, 6.45) is 1.95. The summed E-state index contributed by atoms with van der Waals surface area (Å²) in [6, 6.07) is 2.30. The summed E-state index contributed by atoms with van der Waals surface area (Å²) in [6.45, 7) is 3.67. The Labute approximate surface area is 83.8 Å². The minimum atomic E-state index is 0.183. The summed E-state index contributed by atoms with van der Waals surface area (Å²) in [7, 11) is 0. The van der Waals surface area contributed by atoms with E-state index in [1.807, 2.05) is 6.92 Å². The van der Waals surface area contributed by atoms with E-state index < -0.39 is 0 Å². The van der Waals surface area contributed by atoms with Crippen LogP contribution >= 0.6 is 0 Å². The highest BCUT2D eigenvalue weighted by molar-refractivity contribution is 5.14. The number of H-pyrrole nitrogens is 1. The van der Waals surface area contributed by atoms with Gasteiger partial charge in [0.05, 0.1) is 12.3 Å². The van der Waals surface area contributed by atoms with E-state index in [0.717, 1.165) is 37.4 Å². The maximum atomic E-state index is 5.71. The normalized spacial score (nSPS) is 24.0. The fraction of sp³-hybridized carbons (Fsp3) is 0.700. The van der Waals surface area contributed by atoms with Crippen molar-refractivity contribution in [1.29, 1.82) is 0 Å². The molecular formula is C10H17N3O. The largest absolute Gasteiger partial charge is 0.381 e. The van der Waals surface area contributed by atoms with Crippen molar-refractivity contribution in [3.63, 3.8) is 0 Å². The molecule has 0 aromatic carbocycles. The van der Waals surface area contributed by atoms with Crippen LogP contribution in [0.25, 0.3) is 0 Å². The average molecular weight is 195 g/mol. The Morgan fingerprint density at radius 1 is 1.79 bits per heavy atom. The van der Waals surface area contributed by atoms with Gasteiger partial charge in [0.25, 0.3) is 0 Å². The molecule has 2 atom stereocenters. The van der Waals surface area contributed by atoms with E-state index in [2.05, 4.69) is 16.3 Å². The first-order chi connectivity index (χ1) is 6.75. The fourth-order valence-corrected chi connectivity index (χ4v) is 1.81. The third-order valence-electron chi connectivity index (χ3n) is 2.54. The first-order valence-electron chi connectivity index (χ1n) is 5.13. The van der Waals surface area contributed by atoms with Crippen molar-refractivity contribution < 1.29 is 4.74 Å². The van der Waals surface area contributed by atoms with Crippen molar-refractivity contribution in [2.45, 2.75) is 31.7 Å². The van der Waals surface area contributed by atoms with Gasteiger partial charge in [-0.3, -0.25) is 5.10 Å². The van der Waals surface area contributed by atoms with Crippen LogP contribution in [0.1, 0.15) is 30.7 Å². The highest BCUT2D eigenvalue weighted by Crippen LogP contribution is 2.23. The number of ether oxygens (including phenoxy) is 1. The molecule has 1 aromatic heterocycles. The molecule has 0 spiro atoms. The van der Waals surface area contributed by atoms with Gasteiger partial charge in [0, 0.05) is 30.7 Å². The molecule has 1 saturated heterocycles. The highest BCUT2D eigenvalue weighted by Gasteiger charge is 2.20. The maximum Gasteiger partial charge on any atom is 0.0679 e. The van der Waals surface area contributed by atoms with Crippen molar-refractivity contribution >= 4 is 0 Å². The average Bonchev–Trinajstić information content (AvgIpc) is 2.69. The zero-order valence-corrected chi connectivity index (χ0v) is 8.49. The zero-order chi connectivity index (χ0) is 9.97. The minimum Gasteiger partial charge on any atom is -0.381 e. The lowest BCUT2D eigenvalue weighted by atomic mass is 10.0. The molecule has 1 aromatic rings. The smallest absolute Gasteiger partial charge is 0.0679 e. The number of aromatic nitrogens is 2. The SMILES string of the molecule is CC(N)Cc1cc(C2CCOC2)n[nH]1. The first-order valence-corrected chi connectivity index (χ1v) is 5.13. The molecule has 0 radical (unpaired) electrons. The van der Waals surface area contributed by atoms with Crippen LogP contribution in [0.15, 0.2) is 6.07 Å². The lowest BCUT2D eigenvalue weighted by Crippen LogP contribution is -2.17. The Morgan fingerprint density at radius 2 is 2.64 bits per heavy atom. The van der Waals surface area contributed by atoms with Gasteiger partial charge in [-0.15, -0.1) is 0 Å². The van der Waals surface area contributed by atoms with E-state index in [-0.39, 0.29) is 6.04 Å². The van der Waals surface area contributed by atoms with Gasteiger partial charge in [-0.1, -0.05) is 0 Å². The number of nitrogens with zero attached hydrogens (tertiary/aromatic N) is 1. The number of nitrogens with two attached hydrogens (primary N) is 1. The van der Waals surface area contributed by atoms with Gasteiger partial charge in [-0.05, 0) is 19.4 Å². The van der Waals surface area contributed by atoms with E-state index in [4.69, 9.17) is 10.5 Å². The second-order valence-electron chi connectivity index (χ2n) is 4.06. The molecule has 2 heterocycles. The molecule has 2 unspecified atom stereocenters. The lowest BCUT2D eigenvalue weighted by molar-refractivity contribution is 0.193. The number of hydrogen-bond donors (Lipinski definition) is 2. The Kier molecular flexibility index (Phi) is 2.84. The third kappa shape index (κ3) is 2.13. The summed E-state index contributed by atoms with van der Waals surface area (Å²) in [5.41, 5.74) is 7.96. The molecule has 0 bridgehead atoms.